The van der Waals surface area contributed by atoms with Crippen molar-refractivity contribution in [2.45, 2.75) is 12.5 Å². The van der Waals surface area contributed by atoms with Crippen LogP contribution in [0.15, 0.2) is 42.5 Å². The third-order valence-electron chi connectivity index (χ3n) is 3.71. The Labute approximate surface area is 156 Å². The van der Waals surface area contributed by atoms with E-state index in [1.54, 1.807) is 30.3 Å². The number of hydrogen-bond acceptors (Lipinski definition) is 6. The number of nitrogens with two attached hydrogens (primary N) is 1. The monoisotopic (exact) mass is 376 g/mol. The van der Waals surface area contributed by atoms with E-state index in [4.69, 9.17) is 19.9 Å². The maximum absolute atomic E-state index is 13.1. The number of halogens is 1. The minimum Gasteiger partial charge on any atom is -0.493 e. The lowest BCUT2D eigenvalue weighted by atomic mass is 10.1. The molecule has 0 saturated carbocycles. The van der Waals surface area contributed by atoms with Crippen molar-refractivity contribution in [2.24, 2.45) is 5.73 Å². The van der Waals surface area contributed by atoms with Crippen molar-refractivity contribution in [1.29, 1.82) is 0 Å². The Kier molecular flexibility index (Phi) is 6.99. The van der Waals surface area contributed by atoms with Crippen molar-refractivity contribution in [3.63, 3.8) is 0 Å². The molecule has 0 heterocycles. The minimum atomic E-state index is -0.710. The number of carbonyl (C=O) groups is 2. The summed E-state index contributed by atoms with van der Waals surface area (Å²) in [5, 5.41) is 3.05. The van der Waals surface area contributed by atoms with Crippen molar-refractivity contribution in [1.82, 2.24) is 0 Å². The summed E-state index contributed by atoms with van der Waals surface area (Å²) < 4.78 is 28.4. The fraction of sp³-hybridized carbons (Fsp3) is 0.263. The minimum absolute atomic E-state index is 0.288. The van der Waals surface area contributed by atoms with E-state index in [1.165, 1.54) is 26.4 Å². The average Bonchev–Trinajstić information content (AvgIpc) is 2.67. The molecular weight excluding hydrogens is 355 g/mol. The Bertz CT molecular complexity index is 795. The van der Waals surface area contributed by atoms with Gasteiger partial charge >= 0.3 is 5.97 Å². The number of nitrogens with one attached hydrogen (secondary N) is 1. The maximum Gasteiger partial charge on any atom is 0.328 e. The molecule has 3 N–H and O–H groups in total. The molecule has 0 spiro atoms. The van der Waals surface area contributed by atoms with Crippen LogP contribution in [-0.2, 0) is 20.7 Å². The SMILES string of the molecule is COC(=O)[C@H](Cc1ccc(F)cc1)Nc1ccc(OC)c(OCC(N)=O)c1. The van der Waals surface area contributed by atoms with Gasteiger partial charge in [0.05, 0.1) is 14.2 Å². The van der Waals surface area contributed by atoms with Crippen LogP contribution in [0.2, 0.25) is 0 Å². The van der Waals surface area contributed by atoms with E-state index in [9.17, 15) is 14.0 Å². The van der Waals surface area contributed by atoms with Gasteiger partial charge in [-0.2, -0.15) is 0 Å². The number of carbonyl (C=O) groups excluding carboxylic acids is 2. The number of ether oxygens (including phenoxy) is 3. The van der Waals surface area contributed by atoms with Gasteiger partial charge in [-0.1, -0.05) is 12.1 Å². The van der Waals surface area contributed by atoms with Gasteiger partial charge in [-0.15, -0.1) is 0 Å². The summed E-state index contributed by atoms with van der Waals surface area (Å²) in [6, 6.07) is 10.0. The zero-order valence-corrected chi connectivity index (χ0v) is 15.0. The highest BCUT2D eigenvalue weighted by Crippen LogP contribution is 2.30. The molecule has 0 aliphatic carbocycles. The van der Waals surface area contributed by atoms with Crippen LogP contribution in [0.5, 0.6) is 11.5 Å². The molecule has 0 unspecified atom stereocenters. The Balaban J connectivity index is 2.20. The molecule has 144 valence electrons. The molecule has 27 heavy (non-hydrogen) atoms. The number of hydrogen-bond donors (Lipinski definition) is 2. The van der Waals surface area contributed by atoms with Gasteiger partial charge in [0, 0.05) is 18.2 Å². The van der Waals surface area contributed by atoms with E-state index < -0.39 is 17.9 Å². The van der Waals surface area contributed by atoms with Gasteiger partial charge in [0.15, 0.2) is 18.1 Å². The van der Waals surface area contributed by atoms with Crippen LogP contribution in [0.3, 0.4) is 0 Å². The zero-order valence-electron chi connectivity index (χ0n) is 15.0. The van der Waals surface area contributed by atoms with Gasteiger partial charge in [0.25, 0.3) is 5.91 Å². The second kappa shape index (κ2) is 9.42. The summed E-state index contributed by atoms with van der Waals surface area (Å²) in [7, 11) is 2.75. The van der Waals surface area contributed by atoms with E-state index >= 15 is 0 Å². The lowest BCUT2D eigenvalue weighted by Gasteiger charge is -2.19. The first-order valence-electron chi connectivity index (χ1n) is 8.11. The van der Waals surface area contributed by atoms with Crippen molar-refractivity contribution >= 4 is 17.6 Å². The largest absolute Gasteiger partial charge is 0.493 e. The van der Waals surface area contributed by atoms with Gasteiger partial charge in [-0.05, 0) is 29.8 Å². The Hall–Kier alpha value is -3.29. The quantitative estimate of drug-likeness (QED) is 0.649. The van der Waals surface area contributed by atoms with E-state index in [0.29, 0.717) is 17.2 Å². The molecular formula is C19H21FN2O5. The van der Waals surface area contributed by atoms with Crippen LogP contribution in [0.25, 0.3) is 0 Å². The average molecular weight is 376 g/mol. The molecule has 2 aromatic rings. The topological polar surface area (TPSA) is 99.9 Å². The van der Waals surface area contributed by atoms with Gasteiger partial charge < -0.3 is 25.3 Å². The molecule has 0 bridgehead atoms. The molecule has 2 rings (SSSR count). The lowest BCUT2D eigenvalue weighted by molar-refractivity contribution is -0.141. The van der Waals surface area contributed by atoms with Crippen LogP contribution < -0.4 is 20.5 Å². The van der Waals surface area contributed by atoms with Crippen LogP contribution in [0.4, 0.5) is 10.1 Å². The van der Waals surface area contributed by atoms with Gasteiger partial charge in [0.1, 0.15) is 11.9 Å². The third kappa shape index (κ3) is 5.88. The van der Waals surface area contributed by atoms with E-state index in [1.807, 2.05) is 0 Å². The lowest BCUT2D eigenvalue weighted by Crippen LogP contribution is -2.32. The molecule has 2 aromatic carbocycles. The fourth-order valence-electron chi connectivity index (χ4n) is 2.42. The number of benzene rings is 2. The van der Waals surface area contributed by atoms with E-state index in [2.05, 4.69) is 5.32 Å². The predicted octanol–water partition coefficient (Wildman–Crippen LogP) is 1.89. The van der Waals surface area contributed by atoms with Crippen LogP contribution in [0, 0.1) is 5.82 Å². The molecule has 0 fully saturated rings. The molecule has 7 nitrogen and oxygen atoms in total. The Morgan fingerprint density at radius 1 is 1.11 bits per heavy atom. The number of anilines is 1. The van der Waals surface area contributed by atoms with Crippen molar-refractivity contribution in [2.75, 3.05) is 26.1 Å². The highest BCUT2D eigenvalue weighted by Gasteiger charge is 2.20. The summed E-state index contributed by atoms with van der Waals surface area (Å²) in [5.74, 6) is -0.747. The number of primary amides is 1. The molecule has 8 heteroatoms. The second-order valence-corrected chi connectivity index (χ2v) is 5.67. The standard InChI is InChI=1S/C19H21FN2O5/c1-25-16-8-7-14(10-17(16)27-11-18(21)23)22-15(19(24)26-2)9-12-3-5-13(20)6-4-12/h3-8,10,15,22H,9,11H2,1-2H3,(H2,21,23)/t15-/m0/s1. The molecule has 0 radical (unpaired) electrons. The number of methoxy groups -OCH3 is 2. The van der Waals surface area contributed by atoms with Crippen LogP contribution in [-0.4, -0.2) is 38.7 Å². The van der Waals surface area contributed by atoms with Gasteiger partial charge in [0.2, 0.25) is 0 Å². The normalized spacial score (nSPS) is 11.4. The summed E-state index contributed by atoms with van der Waals surface area (Å²) in [5.41, 5.74) is 6.41. The number of esters is 1. The maximum atomic E-state index is 13.1. The summed E-state index contributed by atoms with van der Waals surface area (Å²) in [4.78, 5) is 23.1. The predicted molar refractivity (Wildman–Crippen MR) is 97.2 cm³/mol. The molecule has 0 saturated heterocycles. The van der Waals surface area contributed by atoms with Crippen molar-refractivity contribution < 1.29 is 28.2 Å². The molecule has 1 amide bonds. The summed E-state index contributed by atoms with van der Waals surface area (Å²) in [6.07, 6.45) is 0.288. The Morgan fingerprint density at radius 3 is 2.41 bits per heavy atom. The third-order valence-corrected chi connectivity index (χ3v) is 3.71. The highest BCUT2D eigenvalue weighted by molar-refractivity contribution is 5.80. The molecule has 0 aliphatic heterocycles. The van der Waals surface area contributed by atoms with Crippen molar-refractivity contribution in [3.8, 4) is 11.5 Å². The zero-order chi connectivity index (χ0) is 19.8. The molecule has 1 atom stereocenters. The highest BCUT2D eigenvalue weighted by atomic mass is 19.1. The molecule has 0 aliphatic rings. The van der Waals surface area contributed by atoms with Gasteiger partial charge in [-0.25, -0.2) is 9.18 Å². The number of amides is 1. The fourth-order valence-corrected chi connectivity index (χ4v) is 2.42. The first-order chi connectivity index (χ1) is 12.9. The summed E-state index contributed by atoms with van der Waals surface area (Å²) >= 11 is 0. The van der Waals surface area contributed by atoms with Gasteiger partial charge in [-0.3, -0.25) is 4.79 Å². The number of rotatable bonds is 9. The van der Waals surface area contributed by atoms with E-state index in [0.717, 1.165) is 5.56 Å². The first kappa shape index (κ1) is 20.0. The van der Waals surface area contributed by atoms with E-state index in [-0.39, 0.29) is 18.8 Å². The van der Waals surface area contributed by atoms with Crippen LogP contribution >= 0.6 is 0 Å². The molecule has 0 aromatic heterocycles. The van der Waals surface area contributed by atoms with Crippen LogP contribution in [0.1, 0.15) is 5.56 Å². The first-order valence-corrected chi connectivity index (χ1v) is 8.11. The van der Waals surface area contributed by atoms with Crippen molar-refractivity contribution in [3.05, 3.63) is 53.8 Å². The second-order valence-electron chi connectivity index (χ2n) is 5.67. The summed E-state index contributed by atoms with van der Waals surface area (Å²) in [6.45, 7) is -0.310. The Morgan fingerprint density at radius 2 is 1.81 bits per heavy atom. The smallest absolute Gasteiger partial charge is 0.328 e.